The second-order valence-electron chi connectivity index (χ2n) is 10.2. The third-order valence-electron chi connectivity index (χ3n) is 7.83. The first-order chi connectivity index (χ1) is 19.9. The van der Waals surface area contributed by atoms with E-state index in [0.29, 0.717) is 33.5 Å². The molecule has 2 aliphatic rings. The van der Waals surface area contributed by atoms with Crippen molar-refractivity contribution < 1.29 is 9.84 Å². The monoisotopic (exact) mass is 582 g/mol. The van der Waals surface area contributed by atoms with Crippen molar-refractivity contribution in [1.82, 2.24) is 14.8 Å². The summed E-state index contributed by atoms with van der Waals surface area (Å²) in [5, 5.41) is 18.1. The van der Waals surface area contributed by atoms with E-state index in [4.69, 9.17) is 32.9 Å². The Morgan fingerprint density at radius 1 is 0.951 bits per heavy atom. The first kappa shape index (κ1) is 27.2. The summed E-state index contributed by atoms with van der Waals surface area (Å²) in [5.74, 6) is 0.0464. The number of nitrogens with zero attached hydrogens (tertiary/aromatic N) is 4. The second kappa shape index (κ2) is 11.1. The Hall–Kier alpha value is -3.97. The summed E-state index contributed by atoms with van der Waals surface area (Å²) in [5.41, 5.74) is 4.35. The van der Waals surface area contributed by atoms with Gasteiger partial charge in [-0.05, 0) is 65.1 Å². The fourth-order valence-electron chi connectivity index (χ4n) is 5.74. The van der Waals surface area contributed by atoms with Gasteiger partial charge in [0.15, 0.2) is 0 Å². The van der Waals surface area contributed by atoms with Crippen LogP contribution in [-0.4, -0.2) is 32.9 Å². The van der Waals surface area contributed by atoms with Gasteiger partial charge in [0.1, 0.15) is 5.60 Å². The molecule has 2 aromatic heterocycles. The minimum Gasteiger partial charge on any atom is -0.481 e. The lowest BCUT2D eigenvalue weighted by molar-refractivity contribution is 0.105. The molecule has 3 atom stereocenters. The predicted octanol–water partition coefficient (Wildman–Crippen LogP) is 7.03. The zero-order valence-corrected chi connectivity index (χ0v) is 24.1. The Morgan fingerprint density at radius 2 is 1.73 bits per heavy atom. The van der Waals surface area contributed by atoms with Crippen molar-refractivity contribution in [2.45, 2.75) is 18.9 Å². The molecule has 3 unspecified atom stereocenters. The normalized spacial score (nSPS) is 20.0. The number of benzene rings is 2. The molecule has 6 rings (SSSR count). The first-order valence-electron chi connectivity index (χ1n) is 13.3. The molecule has 4 aromatic rings. The lowest BCUT2D eigenvalue weighted by Crippen LogP contribution is -2.38. The summed E-state index contributed by atoms with van der Waals surface area (Å²) in [7, 11) is 1.61. The van der Waals surface area contributed by atoms with Crippen molar-refractivity contribution in [2.24, 2.45) is 16.8 Å². The summed E-state index contributed by atoms with van der Waals surface area (Å²) < 4.78 is 7.54. The van der Waals surface area contributed by atoms with Gasteiger partial charge in [0, 0.05) is 58.3 Å². The zero-order chi connectivity index (χ0) is 28.6. The Labute approximate surface area is 249 Å². The molecule has 1 aliphatic heterocycles. The Bertz CT molecular complexity index is 1680. The Kier molecular flexibility index (Phi) is 7.39. The molecule has 0 saturated heterocycles. The van der Waals surface area contributed by atoms with Crippen molar-refractivity contribution in [2.75, 3.05) is 7.11 Å². The fourth-order valence-corrected chi connectivity index (χ4v) is 6.31. The number of ether oxygens (including phenoxy) is 1. The molecule has 0 fully saturated rings. The number of methoxy groups -OCH3 is 1. The lowest BCUT2D eigenvalue weighted by Gasteiger charge is -2.41. The molecule has 0 spiro atoms. The number of aliphatic hydroxyl groups is 1. The number of aromatic nitrogens is 3. The van der Waals surface area contributed by atoms with E-state index in [2.05, 4.69) is 29.1 Å². The number of pyridine rings is 1. The van der Waals surface area contributed by atoms with Gasteiger partial charge in [-0.15, -0.1) is 0 Å². The average molecular weight is 584 g/mol. The van der Waals surface area contributed by atoms with E-state index in [1.165, 1.54) is 0 Å². The SMILES string of the molecule is COC1=NC2=CC=C(C(O)(c3ccc(Cl)cc3)c3cccnc3)C(C)C2C(Cl)=C1Cc1ccc(-n2cccn2)cc1. The fraction of sp³-hybridized carbons (Fsp3) is 0.182. The number of allylic oxidation sites excluding steroid dienone is 3. The summed E-state index contributed by atoms with van der Waals surface area (Å²) in [4.78, 5) is 9.18. The largest absolute Gasteiger partial charge is 0.481 e. The molecule has 2 aromatic carbocycles. The molecule has 0 amide bonds. The quantitative estimate of drug-likeness (QED) is 0.265. The highest BCUT2D eigenvalue weighted by atomic mass is 35.5. The minimum absolute atomic E-state index is 0.192. The van der Waals surface area contributed by atoms with Crippen molar-refractivity contribution in [1.29, 1.82) is 0 Å². The maximum atomic E-state index is 12.5. The number of aliphatic imine (C=N–C) groups is 1. The van der Waals surface area contributed by atoms with E-state index >= 15 is 0 Å². The topological polar surface area (TPSA) is 72.5 Å². The van der Waals surface area contributed by atoms with Gasteiger partial charge < -0.3 is 9.84 Å². The molecule has 6 nitrogen and oxygen atoms in total. The third kappa shape index (κ3) is 4.93. The molecule has 8 heteroatoms. The van der Waals surface area contributed by atoms with Gasteiger partial charge in [0.25, 0.3) is 0 Å². The highest BCUT2D eigenvalue weighted by Gasteiger charge is 2.45. The summed E-state index contributed by atoms with van der Waals surface area (Å²) in [6.07, 6.45) is 11.5. The van der Waals surface area contributed by atoms with E-state index in [0.717, 1.165) is 28.1 Å². The van der Waals surface area contributed by atoms with Crippen LogP contribution in [0.3, 0.4) is 0 Å². The smallest absolute Gasteiger partial charge is 0.218 e. The van der Waals surface area contributed by atoms with Crippen molar-refractivity contribution >= 4 is 29.1 Å². The summed E-state index contributed by atoms with van der Waals surface area (Å²) in [6.45, 7) is 2.08. The van der Waals surface area contributed by atoms with Crippen LogP contribution in [0.1, 0.15) is 23.6 Å². The molecule has 3 heterocycles. The van der Waals surface area contributed by atoms with Crippen LogP contribution in [0.15, 0.2) is 131 Å². The molecule has 1 N–H and O–H groups in total. The standard InChI is InChI=1S/C33H28Cl2N4O2/c1-21-28(33(40,24-5-3-16-36-20-24)23-8-10-25(34)11-9-23)14-15-29-30(21)31(35)27(32(38-29)41-2)19-22-6-12-26(13-7-22)39-18-4-17-37-39/h3-18,20-21,30,40H,19H2,1-2H3. The highest BCUT2D eigenvalue weighted by Crippen LogP contribution is 2.50. The van der Waals surface area contributed by atoms with Crippen LogP contribution in [0.2, 0.25) is 5.02 Å². The first-order valence-corrected chi connectivity index (χ1v) is 14.1. The van der Waals surface area contributed by atoms with Gasteiger partial charge in [-0.3, -0.25) is 4.98 Å². The van der Waals surface area contributed by atoms with Gasteiger partial charge in [0.05, 0.1) is 18.5 Å². The van der Waals surface area contributed by atoms with Gasteiger partial charge in [-0.25, -0.2) is 9.67 Å². The molecule has 0 bridgehead atoms. The summed E-state index contributed by atoms with van der Waals surface area (Å²) in [6, 6.07) is 21.0. The van der Waals surface area contributed by atoms with Gasteiger partial charge in [-0.2, -0.15) is 5.10 Å². The number of dihydropyridines is 1. The van der Waals surface area contributed by atoms with Gasteiger partial charge in [-0.1, -0.05) is 66.5 Å². The minimum atomic E-state index is -1.45. The highest BCUT2D eigenvalue weighted by molar-refractivity contribution is 6.33. The number of hydrogen-bond donors (Lipinski definition) is 1. The summed E-state index contributed by atoms with van der Waals surface area (Å²) >= 11 is 13.4. The Morgan fingerprint density at radius 3 is 2.39 bits per heavy atom. The molecule has 0 radical (unpaired) electrons. The molecular weight excluding hydrogens is 555 g/mol. The third-order valence-corrected chi connectivity index (χ3v) is 8.55. The van der Waals surface area contributed by atoms with Crippen LogP contribution in [0.5, 0.6) is 0 Å². The number of hydrogen-bond acceptors (Lipinski definition) is 5. The maximum Gasteiger partial charge on any atom is 0.218 e. The number of fused-ring (bicyclic) bond motifs is 1. The van der Waals surface area contributed by atoms with Crippen LogP contribution in [0, 0.1) is 11.8 Å². The lowest BCUT2D eigenvalue weighted by atomic mass is 9.68. The van der Waals surface area contributed by atoms with Crippen LogP contribution < -0.4 is 0 Å². The predicted molar refractivity (Wildman–Crippen MR) is 162 cm³/mol. The van der Waals surface area contributed by atoms with Crippen molar-refractivity contribution in [3.63, 3.8) is 0 Å². The van der Waals surface area contributed by atoms with Gasteiger partial charge in [0.2, 0.25) is 5.90 Å². The van der Waals surface area contributed by atoms with Crippen LogP contribution in [0.25, 0.3) is 5.69 Å². The van der Waals surface area contributed by atoms with E-state index in [1.54, 1.807) is 37.8 Å². The van der Waals surface area contributed by atoms with E-state index in [1.807, 2.05) is 65.5 Å². The maximum absolute atomic E-state index is 12.5. The molecule has 1 aliphatic carbocycles. The second-order valence-corrected chi connectivity index (χ2v) is 11.0. The number of rotatable bonds is 6. The van der Waals surface area contributed by atoms with Crippen molar-refractivity contribution in [3.8, 4) is 5.69 Å². The molecular formula is C33H28Cl2N4O2. The molecule has 206 valence electrons. The van der Waals surface area contributed by atoms with E-state index in [-0.39, 0.29) is 11.8 Å². The average Bonchev–Trinajstić information content (AvgIpc) is 3.54. The Balaban J connectivity index is 1.39. The van der Waals surface area contributed by atoms with Crippen LogP contribution in [-0.2, 0) is 16.8 Å². The molecule has 41 heavy (non-hydrogen) atoms. The van der Waals surface area contributed by atoms with E-state index in [9.17, 15) is 5.11 Å². The van der Waals surface area contributed by atoms with Gasteiger partial charge >= 0.3 is 0 Å². The van der Waals surface area contributed by atoms with Crippen LogP contribution >= 0.6 is 23.2 Å². The van der Waals surface area contributed by atoms with Crippen LogP contribution in [0.4, 0.5) is 0 Å². The molecule has 0 saturated carbocycles. The number of halogens is 2. The van der Waals surface area contributed by atoms with Crippen molar-refractivity contribution in [3.05, 3.63) is 147 Å². The van der Waals surface area contributed by atoms with E-state index < -0.39 is 5.60 Å². The zero-order valence-electron chi connectivity index (χ0n) is 22.6.